The van der Waals surface area contributed by atoms with Crippen LogP contribution in [-0.4, -0.2) is 17.6 Å². The van der Waals surface area contributed by atoms with E-state index in [0.717, 1.165) is 0 Å². The Hall–Kier alpha value is 2.03. The van der Waals surface area contributed by atoms with Crippen molar-refractivity contribution >= 4 is 5.97 Å². The maximum absolute atomic E-state index is 9.13. The molecule has 44 valence electrons. The summed E-state index contributed by atoms with van der Waals surface area (Å²) in [4.78, 5) is 9.13. The number of rotatable bonds is 1. The van der Waals surface area contributed by atoms with Gasteiger partial charge in [-0.15, -0.1) is 0 Å². The van der Waals surface area contributed by atoms with E-state index in [4.69, 9.17) is 15.0 Å². The van der Waals surface area contributed by atoms with Crippen molar-refractivity contribution in [2.75, 3.05) is 6.54 Å². The second-order valence-electron chi connectivity index (χ2n) is 0.576. The third-order valence-electron chi connectivity index (χ3n) is 0.167. The maximum Gasteiger partial charge on any atom is 1.00 e. The molecule has 3 N–H and O–H groups in total. The fourth-order valence-corrected chi connectivity index (χ4v) is 0. The van der Waals surface area contributed by atoms with Gasteiger partial charge in [0, 0.05) is 6.54 Å². The van der Waals surface area contributed by atoms with E-state index in [9.17, 15) is 0 Å². The van der Waals surface area contributed by atoms with Gasteiger partial charge in [0.15, 0.2) is 0 Å². The Labute approximate surface area is 119 Å². The predicted octanol–water partition coefficient (Wildman–Crippen LogP) is -8.15. The topological polar surface area (TPSA) is 86.4 Å². The summed E-state index contributed by atoms with van der Waals surface area (Å²) in [6, 6.07) is 0. The number of aliphatic carboxylic acids is 1. The van der Waals surface area contributed by atoms with Crippen molar-refractivity contribution in [1.82, 2.24) is 0 Å². The predicted molar refractivity (Wildman–Crippen MR) is 21.4 cm³/mol. The van der Waals surface area contributed by atoms with Crippen molar-refractivity contribution in [2.24, 2.45) is 5.73 Å². The first-order valence-electron chi connectivity index (χ1n) is 1.49. The second kappa shape index (κ2) is 22.5. The van der Waals surface area contributed by atoms with E-state index in [1.165, 1.54) is 0 Å². The number of aliphatic hydroxyl groups is 1. The van der Waals surface area contributed by atoms with E-state index in [0.29, 0.717) is 0 Å². The Morgan fingerprint density at radius 3 is 1.78 bits per heavy atom. The summed E-state index contributed by atoms with van der Waals surface area (Å²) in [5.74, 6) is -1.22. The van der Waals surface area contributed by atoms with Crippen LogP contribution in [0.5, 0.6) is 0 Å². The number of hydrogen-bond donors (Lipinski definition) is 2. The Balaban J connectivity index is -0.0000000286. The van der Waals surface area contributed by atoms with E-state index in [1.54, 1.807) is 0 Å². The summed E-state index contributed by atoms with van der Waals surface area (Å²) in [6.07, 6.45) is 0. The Kier molecular flexibility index (Phi) is 56.1. The van der Waals surface area contributed by atoms with Crippen LogP contribution >= 0.6 is 0 Å². The quantitative estimate of drug-likeness (QED) is 0.300. The number of hydrogen-bond acceptors (Lipinski definition) is 4. The van der Waals surface area contributed by atoms with Crippen molar-refractivity contribution in [1.29, 1.82) is 0 Å². The van der Waals surface area contributed by atoms with Gasteiger partial charge in [-0.1, -0.05) is 0 Å². The summed E-state index contributed by atoms with van der Waals surface area (Å²) in [5.41, 5.74) is 4.51. The van der Waals surface area contributed by atoms with E-state index in [-0.39, 0.29) is 87.5 Å². The van der Waals surface area contributed by atoms with Gasteiger partial charge in [0.25, 0.3) is 0 Å². The summed E-state index contributed by atoms with van der Waals surface area (Å²) < 4.78 is 0. The van der Waals surface area contributed by atoms with Gasteiger partial charge < -0.3 is 20.7 Å². The molecule has 0 atom stereocenters. The van der Waals surface area contributed by atoms with Crippen LogP contribution in [-0.2, 0) is 4.79 Å². The molecule has 0 aliphatic heterocycles. The molecule has 0 bridgehead atoms. The van der Waals surface area contributed by atoms with Gasteiger partial charge in [0.05, 0.1) is 5.97 Å². The standard InChI is InChI=1S/C2H5NO2.CH3O.K.Na/c3-1-2(4)5;1-2;;/h1,3H2,(H,4,5);2H,1H2;;/q;-1;2*+1/p-1. The van der Waals surface area contributed by atoms with Gasteiger partial charge in [-0.3, -0.25) is 0 Å². The molecule has 4 nitrogen and oxygen atoms in total. The molecule has 0 fully saturated rings. The van der Waals surface area contributed by atoms with Crippen LogP contribution in [0.15, 0.2) is 0 Å². The molecule has 0 saturated heterocycles. The molecule has 0 amide bonds. The Bertz CT molecular complexity index is 54.3. The van der Waals surface area contributed by atoms with Gasteiger partial charge in [-0.05, 0) is 0 Å². The zero-order valence-electron chi connectivity index (χ0n) is 5.76. The normalized spacial score (nSPS) is 4.78. The SMILES string of the molecule is NCC(=O)[O-].[CH2-]O.[K+].[Na+]. The summed E-state index contributed by atoms with van der Waals surface area (Å²) in [7, 11) is 2.25. The number of carboxylic acid groups (broad SMARTS) is 1. The van der Waals surface area contributed by atoms with Crippen LogP contribution < -0.4 is 91.8 Å². The molecular formula is C3H7KNNaO3. The van der Waals surface area contributed by atoms with Gasteiger partial charge >= 0.3 is 80.9 Å². The van der Waals surface area contributed by atoms with Gasteiger partial charge in [0.1, 0.15) is 0 Å². The van der Waals surface area contributed by atoms with Crippen molar-refractivity contribution in [3.63, 3.8) is 0 Å². The summed E-state index contributed by atoms with van der Waals surface area (Å²) in [5, 5.41) is 15.9. The first-order chi connectivity index (χ1) is 3.27. The average molecular weight is 167 g/mol. The summed E-state index contributed by atoms with van der Waals surface area (Å²) >= 11 is 0. The summed E-state index contributed by atoms with van der Waals surface area (Å²) in [6.45, 7) is -0.389. The molecule has 0 radical (unpaired) electrons. The number of carbonyl (C=O) groups excluding carboxylic acids is 1. The number of carboxylic acids is 1. The molecule has 0 aromatic rings. The maximum atomic E-state index is 9.13. The van der Waals surface area contributed by atoms with Crippen LogP contribution in [0.1, 0.15) is 0 Å². The molecule has 0 rings (SSSR count). The first kappa shape index (κ1) is 22.5. The van der Waals surface area contributed by atoms with Crippen LogP contribution in [0.3, 0.4) is 0 Å². The smallest absolute Gasteiger partial charge is 0.569 e. The van der Waals surface area contributed by atoms with Gasteiger partial charge in [-0.2, -0.15) is 0 Å². The molecule has 9 heavy (non-hydrogen) atoms. The first-order valence-corrected chi connectivity index (χ1v) is 1.49. The molecule has 0 aliphatic rings. The molecule has 0 unspecified atom stereocenters. The van der Waals surface area contributed by atoms with Crippen LogP contribution in [0.25, 0.3) is 0 Å². The van der Waals surface area contributed by atoms with Crippen molar-refractivity contribution in [3.8, 4) is 0 Å². The molecule has 0 aromatic heterocycles. The molecule has 0 saturated carbocycles. The third kappa shape index (κ3) is 39.8. The number of aliphatic hydroxyl groups excluding tert-OH is 1. The van der Waals surface area contributed by atoms with E-state index >= 15 is 0 Å². The fourth-order valence-electron chi connectivity index (χ4n) is 0. The molecule has 0 heterocycles. The van der Waals surface area contributed by atoms with Crippen LogP contribution in [0.4, 0.5) is 0 Å². The van der Waals surface area contributed by atoms with Crippen LogP contribution in [0.2, 0.25) is 0 Å². The van der Waals surface area contributed by atoms with Crippen LogP contribution in [0, 0.1) is 7.11 Å². The zero-order valence-corrected chi connectivity index (χ0v) is 10.9. The molecule has 0 aliphatic carbocycles. The fraction of sp³-hybridized carbons (Fsp3) is 0.333. The minimum atomic E-state index is -1.22. The van der Waals surface area contributed by atoms with Crippen molar-refractivity contribution in [2.45, 2.75) is 0 Å². The van der Waals surface area contributed by atoms with Crippen molar-refractivity contribution in [3.05, 3.63) is 7.11 Å². The Morgan fingerprint density at radius 1 is 1.67 bits per heavy atom. The largest absolute Gasteiger partial charge is 1.00 e. The minimum Gasteiger partial charge on any atom is -0.569 e. The molecular weight excluding hydrogens is 160 g/mol. The molecule has 0 aromatic carbocycles. The number of nitrogens with two attached hydrogens (primary N) is 1. The second-order valence-corrected chi connectivity index (χ2v) is 0.576. The van der Waals surface area contributed by atoms with Gasteiger partial charge in [-0.25, -0.2) is 7.11 Å². The Morgan fingerprint density at radius 2 is 1.78 bits per heavy atom. The number of carbonyl (C=O) groups is 1. The molecule has 6 heteroatoms. The van der Waals surface area contributed by atoms with Crippen molar-refractivity contribution < 1.29 is 95.9 Å². The van der Waals surface area contributed by atoms with E-state index in [2.05, 4.69) is 12.8 Å². The zero-order chi connectivity index (χ0) is 6.28. The average Bonchev–Trinajstić information content (AvgIpc) is 1.73. The van der Waals surface area contributed by atoms with E-state index < -0.39 is 5.97 Å². The van der Waals surface area contributed by atoms with Gasteiger partial charge in [0.2, 0.25) is 0 Å². The van der Waals surface area contributed by atoms with E-state index in [1.807, 2.05) is 0 Å². The third-order valence-corrected chi connectivity index (χ3v) is 0.167. The monoisotopic (exact) mass is 167 g/mol. The molecule has 0 spiro atoms. The minimum absolute atomic E-state index is 0.